The fourth-order valence-electron chi connectivity index (χ4n) is 0.608. The maximum atomic E-state index is 9.76. The van der Waals surface area contributed by atoms with E-state index in [0.717, 1.165) is 6.54 Å². The summed E-state index contributed by atoms with van der Waals surface area (Å²) in [5.41, 5.74) is 1.98. The molecule has 0 atom stereocenters. The molecule has 0 aromatic carbocycles. The number of nitrogens with zero attached hydrogens (tertiary/aromatic N) is 2. The Hall–Kier alpha value is -1.33. The minimum Gasteiger partial charge on any atom is -0.330 e. The highest BCUT2D eigenvalue weighted by Gasteiger charge is 2.13. The molecular formula is C3H7N4O2+. The van der Waals surface area contributed by atoms with E-state index in [9.17, 15) is 10.1 Å². The van der Waals surface area contributed by atoms with E-state index >= 15 is 0 Å². The molecule has 1 aliphatic rings. The van der Waals surface area contributed by atoms with Gasteiger partial charge >= 0.3 is 0 Å². The molecule has 1 heterocycles. The average Bonchev–Trinajstić information content (AvgIpc) is 2.15. The van der Waals surface area contributed by atoms with Crippen molar-refractivity contribution in [2.75, 3.05) is 13.1 Å². The van der Waals surface area contributed by atoms with Gasteiger partial charge in [-0.1, -0.05) is 0 Å². The van der Waals surface area contributed by atoms with Crippen molar-refractivity contribution in [2.24, 2.45) is 0 Å². The van der Waals surface area contributed by atoms with Crippen LogP contribution >= 0.6 is 0 Å². The standard InChI is InChI=1S/C3H6N4O2/c8-7(9)5-6-2-1-4-3-6/h3,5H,1-2H2/p+1. The molecule has 0 radical (unpaired) electrons. The van der Waals surface area contributed by atoms with Gasteiger partial charge in [0.1, 0.15) is 0 Å². The van der Waals surface area contributed by atoms with Crippen LogP contribution in [-0.4, -0.2) is 29.1 Å². The molecule has 0 aromatic heterocycles. The second-order valence-electron chi connectivity index (χ2n) is 1.63. The molecular weight excluding hydrogens is 124 g/mol. The summed E-state index contributed by atoms with van der Waals surface area (Å²) >= 11 is 0. The van der Waals surface area contributed by atoms with Crippen LogP contribution in [-0.2, 0) is 0 Å². The van der Waals surface area contributed by atoms with Crippen molar-refractivity contribution in [3.05, 3.63) is 10.1 Å². The van der Waals surface area contributed by atoms with Crippen molar-refractivity contribution in [1.29, 1.82) is 0 Å². The number of hydrazine groups is 2. The van der Waals surface area contributed by atoms with Crippen LogP contribution in [0.5, 0.6) is 0 Å². The second-order valence-corrected chi connectivity index (χ2v) is 1.63. The van der Waals surface area contributed by atoms with Crippen molar-refractivity contribution in [3.8, 4) is 0 Å². The van der Waals surface area contributed by atoms with E-state index in [1.807, 2.05) is 5.53 Å². The zero-order chi connectivity index (χ0) is 6.69. The van der Waals surface area contributed by atoms with Crippen LogP contribution in [0.4, 0.5) is 0 Å². The smallest absolute Gasteiger partial charge is 0.268 e. The quantitative estimate of drug-likeness (QED) is 0.267. The predicted octanol–water partition coefficient (Wildman–Crippen LogP) is -1.67. The van der Waals surface area contributed by atoms with Crippen LogP contribution in [0.3, 0.4) is 0 Å². The highest BCUT2D eigenvalue weighted by Crippen LogP contribution is 1.72. The molecule has 0 bridgehead atoms. The monoisotopic (exact) mass is 131 g/mol. The van der Waals surface area contributed by atoms with Gasteiger partial charge in [-0.25, -0.2) is 10.1 Å². The van der Waals surface area contributed by atoms with Crippen molar-refractivity contribution in [2.45, 2.75) is 0 Å². The highest BCUT2D eigenvalue weighted by molar-refractivity contribution is 5.48. The first-order valence-corrected chi connectivity index (χ1v) is 2.53. The predicted molar refractivity (Wildman–Crippen MR) is 29.3 cm³/mol. The first-order valence-electron chi connectivity index (χ1n) is 2.53. The molecule has 6 nitrogen and oxygen atoms in total. The minimum atomic E-state index is -0.594. The van der Waals surface area contributed by atoms with E-state index in [1.165, 1.54) is 11.0 Å². The Labute approximate surface area is 51.3 Å². The van der Waals surface area contributed by atoms with E-state index in [1.54, 1.807) is 0 Å². The van der Waals surface area contributed by atoms with E-state index in [0.29, 0.717) is 6.54 Å². The number of hydrazone groups is 1. The Morgan fingerprint density at radius 2 is 2.67 bits per heavy atom. The van der Waals surface area contributed by atoms with Crippen LogP contribution in [0.15, 0.2) is 0 Å². The summed E-state index contributed by atoms with van der Waals surface area (Å²) in [7, 11) is 0. The highest BCUT2D eigenvalue weighted by atomic mass is 16.7. The molecule has 1 aliphatic heterocycles. The van der Waals surface area contributed by atoms with Gasteiger partial charge in [0.05, 0.1) is 12.1 Å². The summed E-state index contributed by atoms with van der Waals surface area (Å²) in [6.45, 7) is 1.38. The molecule has 0 aromatic rings. The van der Waals surface area contributed by atoms with E-state index in [2.05, 4.69) is 5.32 Å². The molecule has 1 rings (SSSR count). The zero-order valence-corrected chi connectivity index (χ0v) is 4.70. The Morgan fingerprint density at radius 3 is 3.11 bits per heavy atom. The maximum Gasteiger partial charge on any atom is 0.268 e. The molecule has 0 unspecified atom stereocenters. The molecule has 50 valence electrons. The van der Waals surface area contributed by atoms with Crippen molar-refractivity contribution in [1.82, 2.24) is 10.9 Å². The van der Waals surface area contributed by atoms with Crippen LogP contribution in [0.25, 0.3) is 0 Å². The summed E-state index contributed by atoms with van der Waals surface area (Å²) in [6, 6.07) is 0. The molecule has 9 heavy (non-hydrogen) atoms. The lowest BCUT2D eigenvalue weighted by molar-refractivity contribution is -0.791. The van der Waals surface area contributed by atoms with Gasteiger partial charge in [0.25, 0.3) is 6.34 Å². The zero-order valence-electron chi connectivity index (χ0n) is 4.70. The third-order valence-corrected chi connectivity index (χ3v) is 0.954. The van der Waals surface area contributed by atoms with Crippen molar-refractivity contribution < 1.29 is 9.72 Å². The first kappa shape index (κ1) is 5.80. The summed E-state index contributed by atoms with van der Waals surface area (Å²) in [4.78, 5) is 9.76. The van der Waals surface area contributed by atoms with Crippen LogP contribution in [0.1, 0.15) is 0 Å². The maximum absolute atomic E-state index is 9.76. The number of rotatable bonds is 2. The van der Waals surface area contributed by atoms with Gasteiger partial charge in [-0.2, -0.15) is 0 Å². The number of hydrogen-bond donors (Lipinski definition) is 2. The summed E-state index contributed by atoms with van der Waals surface area (Å²) in [5.74, 6) is 0. The third-order valence-electron chi connectivity index (χ3n) is 0.954. The van der Waals surface area contributed by atoms with E-state index in [-0.39, 0.29) is 0 Å². The Bertz CT molecular complexity index is 154. The molecule has 0 amide bonds. The molecule has 0 fully saturated rings. The van der Waals surface area contributed by atoms with Crippen LogP contribution < -0.4 is 10.9 Å². The summed E-state index contributed by atoms with van der Waals surface area (Å²) < 4.78 is 1.38. The Kier molecular flexibility index (Phi) is 1.48. The molecule has 2 N–H and O–H groups in total. The number of nitrogens with one attached hydrogen (secondary N) is 2. The number of hydrogen-bond acceptors (Lipinski definition) is 3. The van der Waals surface area contributed by atoms with E-state index in [4.69, 9.17) is 0 Å². The van der Waals surface area contributed by atoms with Gasteiger partial charge in [-0.15, -0.1) is 0 Å². The molecule has 0 spiro atoms. The van der Waals surface area contributed by atoms with Gasteiger partial charge in [-0.05, 0) is 4.68 Å². The Morgan fingerprint density at radius 1 is 1.89 bits per heavy atom. The largest absolute Gasteiger partial charge is 0.330 e. The average molecular weight is 131 g/mol. The van der Waals surface area contributed by atoms with Crippen molar-refractivity contribution in [3.63, 3.8) is 0 Å². The SMILES string of the molecule is O=[N+]([O-])N[N+]1=CNCC1. The molecule has 6 heteroatoms. The van der Waals surface area contributed by atoms with Crippen LogP contribution in [0, 0.1) is 10.1 Å². The minimum absolute atomic E-state index is 0.594. The van der Waals surface area contributed by atoms with E-state index < -0.39 is 5.03 Å². The van der Waals surface area contributed by atoms with Crippen molar-refractivity contribution >= 4 is 6.34 Å². The molecule has 0 saturated heterocycles. The normalized spacial score (nSPS) is 16.2. The third kappa shape index (κ3) is 1.56. The lowest BCUT2D eigenvalue weighted by Crippen LogP contribution is -2.33. The fraction of sp³-hybridized carbons (Fsp3) is 0.667. The second kappa shape index (κ2) is 2.29. The summed E-state index contributed by atoms with van der Waals surface area (Å²) in [6.07, 6.45) is 1.53. The summed E-state index contributed by atoms with van der Waals surface area (Å²) in [5, 5.41) is 12.0. The first-order chi connectivity index (χ1) is 4.29. The van der Waals surface area contributed by atoms with Gasteiger partial charge in [0.2, 0.25) is 5.03 Å². The van der Waals surface area contributed by atoms with Crippen LogP contribution in [0.2, 0.25) is 0 Å². The lowest BCUT2D eigenvalue weighted by Gasteiger charge is -1.86. The Balaban J connectivity index is 2.35. The molecule has 0 aliphatic carbocycles. The van der Waals surface area contributed by atoms with Gasteiger partial charge in [0.15, 0.2) is 6.54 Å². The van der Waals surface area contributed by atoms with Gasteiger partial charge in [0, 0.05) is 0 Å². The van der Waals surface area contributed by atoms with Gasteiger partial charge in [-0.3, -0.25) is 0 Å². The topological polar surface area (TPSA) is 70.2 Å². The lowest BCUT2D eigenvalue weighted by atomic mass is 10.7. The number of nitro groups is 1. The molecule has 0 saturated carbocycles. The fourth-order valence-corrected chi connectivity index (χ4v) is 0.608. The van der Waals surface area contributed by atoms with Gasteiger partial charge < -0.3 is 5.32 Å².